The smallest absolute Gasteiger partial charge is 0.254 e. The van der Waals surface area contributed by atoms with Crippen LogP contribution in [0.25, 0.3) is 0 Å². The molecule has 1 saturated carbocycles. The van der Waals surface area contributed by atoms with E-state index in [1.165, 1.54) is 0 Å². The average Bonchev–Trinajstić information content (AvgIpc) is 3.57. The summed E-state index contributed by atoms with van der Waals surface area (Å²) in [6.07, 6.45) is 3.68. The molecule has 8 heteroatoms. The lowest BCUT2D eigenvalue weighted by atomic mass is 9.95. The Labute approximate surface area is 180 Å². The lowest BCUT2D eigenvalue weighted by molar-refractivity contribution is -0.142. The summed E-state index contributed by atoms with van der Waals surface area (Å²) in [5, 5.41) is 0.856. The number of carbonyl (C=O) groups excluding carboxylic acids is 3. The third-order valence-corrected chi connectivity index (χ3v) is 6.43. The molecule has 1 atom stereocenters. The monoisotopic (exact) mass is 437 g/mol. The van der Waals surface area contributed by atoms with Crippen LogP contribution in [0.5, 0.6) is 0 Å². The number of amides is 3. The first-order valence-electron chi connectivity index (χ1n) is 10.3. The highest BCUT2D eigenvalue weighted by molar-refractivity contribution is 6.35. The van der Waals surface area contributed by atoms with Gasteiger partial charge in [0.2, 0.25) is 11.8 Å². The van der Waals surface area contributed by atoms with Gasteiger partial charge in [0.05, 0.1) is 5.92 Å². The molecule has 1 aliphatic carbocycles. The van der Waals surface area contributed by atoms with Crippen LogP contribution in [0.1, 0.15) is 36.0 Å². The maximum atomic E-state index is 13.0. The van der Waals surface area contributed by atoms with E-state index in [9.17, 15) is 14.4 Å². The van der Waals surface area contributed by atoms with Crippen molar-refractivity contribution in [3.8, 4) is 0 Å². The number of likely N-dealkylation sites (tertiary alicyclic amines) is 1. The van der Waals surface area contributed by atoms with Gasteiger partial charge in [0.25, 0.3) is 5.91 Å². The molecule has 0 radical (unpaired) electrons. The highest BCUT2D eigenvalue weighted by Crippen LogP contribution is 2.33. The Morgan fingerprint density at radius 2 is 1.31 bits per heavy atom. The number of piperazine rings is 1. The lowest BCUT2D eigenvalue weighted by Crippen LogP contribution is -2.54. The number of benzene rings is 1. The van der Waals surface area contributed by atoms with Crippen LogP contribution in [-0.4, -0.2) is 71.7 Å². The van der Waals surface area contributed by atoms with Crippen LogP contribution in [0.3, 0.4) is 0 Å². The van der Waals surface area contributed by atoms with Gasteiger partial charge in [-0.1, -0.05) is 23.2 Å². The molecule has 3 aliphatic rings. The van der Waals surface area contributed by atoms with Crippen molar-refractivity contribution < 1.29 is 14.4 Å². The quantitative estimate of drug-likeness (QED) is 0.729. The molecule has 0 aromatic heterocycles. The van der Waals surface area contributed by atoms with Gasteiger partial charge in [0.1, 0.15) is 0 Å². The molecule has 2 saturated heterocycles. The second-order valence-corrected chi connectivity index (χ2v) is 9.05. The Balaban J connectivity index is 1.32. The second-order valence-electron chi connectivity index (χ2n) is 8.17. The van der Waals surface area contributed by atoms with Crippen molar-refractivity contribution in [2.75, 3.05) is 39.3 Å². The summed E-state index contributed by atoms with van der Waals surface area (Å²) < 4.78 is 0. The van der Waals surface area contributed by atoms with E-state index in [-0.39, 0.29) is 29.6 Å². The van der Waals surface area contributed by atoms with Crippen molar-refractivity contribution in [2.24, 2.45) is 11.8 Å². The first kappa shape index (κ1) is 20.5. The fourth-order valence-electron chi connectivity index (χ4n) is 4.22. The van der Waals surface area contributed by atoms with Crippen molar-refractivity contribution in [1.82, 2.24) is 14.7 Å². The predicted molar refractivity (Wildman–Crippen MR) is 111 cm³/mol. The molecule has 1 unspecified atom stereocenters. The van der Waals surface area contributed by atoms with Gasteiger partial charge in [-0.2, -0.15) is 0 Å². The van der Waals surface area contributed by atoms with Crippen LogP contribution in [0, 0.1) is 11.8 Å². The Morgan fingerprint density at radius 1 is 0.724 bits per heavy atom. The van der Waals surface area contributed by atoms with E-state index in [4.69, 9.17) is 23.2 Å². The summed E-state index contributed by atoms with van der Waals surface area (Å²) in [5.41, 5.74) is 0.462. The van der Waals surface area contributed by atoms with Crippen molar-refractivity contribution in [3.63, 3.8) is 0 Å². The van der Waals surface area contributed by atoms with Gasteiger partial charge in [0.15, 0.2) is 0 Å². The van der Waals surface area contributed by atoms with E-state index in [1.807, 2.05) is 9.80 Å². The number of nitrogens with zero attached hydrogens (tertiary/aromatic N) is 3. The molecular formula is C21H25Cl2N3O3. The molecular weight excluding hydrogens is 413 g/mol. The molecule has 0 N–H and O–H groups in total. The highest BCUT2D eigenvalue weighted by Gasteiger charge is 2.38. The number of hydrogen-bond acceptors (Lipinski definition) is 3. The number of piperidine rings is 1. The number of rotatable bonds is 3. The minimum Gasteiger partial charge on any atom is -0.342 e. The molecule has 2 aliphatic heterocycles. The summed E-state index contributed by atoms with van der Waals surface area (Å²) in [7, 11) is 0. The minimum atomic E-state index is -0.125. The Bertz CT molecular complexity index is 799. The normalized spacial score (nSPS) is 22.6. The largest absolute Gasteiger partial charge is 0.342 e. The van der Waals surface area contributed by atoms with Crippen LogP contribution >= 0.6 is 23.2 Å². The third-order valence-electron chi connectivity index (χ3n) is 6.00. The van der Waals surface area contributed by atoms with E-state index >= 15 is 0 Å². The zero-order valence-electron chi connectivity index (χ0n) is 16.3. The first-order chi connectivity index (χ1) is 13.9. The Hall–Kier alpha value is -1.79. The van der Waals surface area contributed by atoms with Crippen molar-refractivity contribution in [3.05, 3.63) is 33.8 Å². The lowest BCUT2D eigenvalue weighted by Gasteiger charge is -2.39. The van der Waals surface area contributed by atoms with Gasteiger partial charge < -0.3 is 14.7 Å². The molecule has 2 heterocycles. The maximum Gasteiger partial charge on any atom is 0.254 e. The van der Waals surface area contributed by atoms with Gasteiger partial charge in [-0.05, 0) is 43.9 Å². The van der Waals surface area contributed by atoms with Crippen LogP contribution in [0.2, 0.25) is 10.0 Å². The van der Waals surface area contributed by atoms with E-state index in [0.29, 0.717) is 48.3 Å². The summed E-state index contributed by atoms with van der Waals surface area (Å²) in [6.45, 7) is 3.27. The third kappa shape index (κ3) is 4.69. The maximum absolute atomic E-state index is 13.0. The molecule has 6 nitrogen and oxygen atoms in total. The zero-order chi connectivity index (χ0) is 20.5. The van der Waals surface area contributed by atoms with Crippen molar-refractivity contribution in [2.45, 2.75) is 25.7 Å². The molecule has 3 fully saturated rings. The van der Waals surface area contributed by atoms with Crippen LogP contribution in [-0.2, 0) is 9.59 Å². The molecule has 1 aromatic carbocycles. The van der Waals surface area contributed by atoms with Crippen molar-refractivity contribution in [1.29, 1.82) is 0 Å². The SMILES string of the molecule is O=C(c1cc(Cl)cc(Cl)c1)N1CCN(C(=O)C2CCCN(C(=O)C3CC3)C2)CC1. The van der Waals surface area contributed by atoms with Gasteiger partial charge in [-0.15, -0.1) is 0 Å². The molecule has 0 bridgehead atoms. The number of hydrogen-bond donors (Lipinski definition) is 0. The molecule has 1 aromatic rings. The van der Waals surface area contributed by atoms with E-state index < -0.39 is 0 Å². The van der Waals surface area contributed by atoms with Gasteiger partial charge in [-0.25, -0.2) is 0 Å². The summed E-state index contributed by atoms with van der Waals surface area (Å²) in [6, 6.07) is 4.82. The second kappa shape index (κ2) is 8.52. The van der Waals surface area contributed by atoms with Crippen LogP contribution in [0.15, 0.2) is 18.2 Å². The first-order valence-corrected chi connectivity index (χ1v) is 11.0. The standard InChI is InChI=1S/C21H25Cl2N3O3/c22-17-10-16(11-18(23)12-17)21(29)25-8-6-24(7-9-25)20(28)15-2-1-5-26(13-15)19(27)14-3-4-14/h10-12,14-15H,1-9,13H2. The molecule has 29 heavy (non-hydrogen) atoms. The van der Waals surface area contributed by atoms with Crippen LogP contribution < -0.4 is 0 Å². The van der Waals surface area contributed by atoms with E-state index in [0.717, 1.165) is 32.2 Å². The summed E-state index contributed by atoms with van der Waals surface area (Å²) in [4.78, 5) is 43.5. The van der Waals surface area contributed by atoms with Gasteiger partial charge in [0, 0.05) is 60.8 Å². The Morgan fingerprint density at radius 3 is 1.93 bits per heavy atom. The number of halogens is 2. The fraction of sp³-hybridized carbons (Fsp3) is 0.571. The average molecular weight is 438 g/mol. The topological polar surface area (TPSA) is 60.9 Å². The molecule has 3 amide bonds. The fourth-order valence-corrected chi connectivity index (χ4v) is 4.74. The van der Waals surface area contributed by atoms with Crippen molar-refractivity contribution >= 4 is 40.9 Å². The highest BCUT2D eigenvalue weighted by atomic mass is 35.5. The summed E-state index contributed by atoms with van der Waals surface area (Å²) >= 11 is 12.0. The number of carbonyl (C=O) groups is 3. The Kier molecular flexibility index (Phi) is 6.02. The van der Waals surface area contributed by atoms with Gasteiger partial charge in [-0.3, -0.25) is 14.4 Å². The molecule has 0 spiro atoms. The van der Waals surface area contributed by atoms with Gasteiger partial charge >= 0.3 is 0 Å². The zero-order valence-corrected chi connectivity index (χ0v) is 17.8. The minimum absolute atomic E-state index is 0.108. The van der Waals surface area contributed by atoms with E-state index in [2.05, 4.69) is 0 Å². The van der Waals surface area contributed by atoms with Crippen LogP contribution in [0.4, 0.5) is 0 Å². The predicted octanol–water partition coefficient (Wildman–Crippen LogP) is 2.93. The molecule has 4 rings (SSSR count). The summed E-state index contributed by atoms with van der Waals surface area (Å²) in [5.74, 6) is 0.272. The van der Waals surface area contributed by atoms with E-state index in [1.54, 1.807) is 23.1 Å². The molecule has 156 valence electrons.